The fourth-order valence-electron chi connectivity index (χ4n) is 3.22. The van der Waals surface area contributed by atoms with E-state index in [1.54, 1.807) is 23.7 Å². The van der Waals surface area contributed by atoms with Gasteiger partial charge in [-0.15, -0.1) is 0 Å². The first-order chi connectivity index (χ1) is 14.8. The molecule has 1 aliphatic rings. The van der Waals surface area contributed by atoms with E-state index in [1.807, 2.05) is 31.3 Å². The maximum atomic E-state index is 12.2. The fraction of sp³-hybridized carbons (Fsp3) is 0.300. The van der Waals surface area contributed by atoms with Gasteiger partial charge in [0.15, 0.2) is 0 Å². The van der Waals surface area contributed by atoms with Gasteiger partial charge in [0, 0.05) is 17.3 Å². The summed E-state index contributed by atoms with van der Waals surface area (Å²) in [7, 11) is 0. The topological polar surface area (TPSA) is 105 Å². The van der Waals surface area contributed by atoms with Gasteiger partial charge < -0.3 is 15.2 Å². The highest BCUT2D eigenvalue weighted by Crippen LogP contribution is 2.27. The summed E-state index contributed by atoms with van der Waals surface area (Å²) >= 11 is 12.1. The molecular formula is C20H20Cl2N6O3. The average Bonchev–Trinajstić information content (AvgIpc) is 3.35. The number of hydrogen-bond donors (Lipinski definition) is 2. The van der Waals surface area contributed by atoms with Crippen molar-refractivity contribution in [3.63, 3.8) is 0 Å². The lowest BCUT2D eigenvalue weighted by molar-refractivity contribution is 0.142. The lowest BCUT2D eigenvalue weighted by Crippen LogP contribution is -2.41. The van der Waals surface area contributed by atoms with Crippen LogP contribution in [0, 0.1) is 0 Å². The minimum Gasteiger partial charge on any atom is -0.447 e. The molecule has 1 aromatic carbocycles. The van der Waals surface area contributed by atoms with Gasteiger partial charge >= 0.3 is 6.09 Å². The number of halogens is 2. The summed E-state index contributed by atoms with van der Waals surface area (Å²) in [6.45, 7) is 3.56. The number of anilines is 2. The van der Waals surface area contributed by atoms with Crippen LogP contribution in [0.5, 0.6) is 0 Å². The van der Waals surface area contributed by atoms with Crippen LogP contribution in [0.15, 0.2) is 42.6 Å². The van der Waals surface area contributed by atoms with Gasteiger partial charge in [0.1, 0.15) is 23.6 Å². The molecule has 3 aromatic rings. The van der Waals surface area contributed by atoms with E-state index in [2.05, 4.69) is 20.4 Å². The van der Waals surface area contributed by atoms with Crippen LogP contribution in [0.3, 0.4) is 0 Å². The molecule has 0 spiro atoms. The van der Waals surface area contributed by atoms with Crippen molar-refractivity contribution in [3.05, 3.63) is 58.5 Å². The van der Waals surface area contributed by atoms with Crippen molar-refractivity contribution >= 4 is 41.1 Å². The Morgan fingerprint density at radius 1 is 1.19 bits per heavy atom. The second-order valence-corrected chi connectivity index (χ2v) is 7.98. The molecule has 0 bridgehead atoms. The Hall–Kier alpha value is -2.88. The van der Waals surface area contributed by atoms with E-state index in [4.69, 9.17) is 27.9 Å². The van der Waals surface area contributed by atoms with E-state index in [-0.39, 0.29) is 29.6 Å². The van der Waals surface area contributed by atoms with Gasteiger partial charge in [0.25, 0.3) is 0 Å². The quantitative estimate of drug-likeness (QED) is 0.535. The number of aromatic nitrogens is 4. The maximum absolute atomic E-state index is 12.2. The number of benzene rings is 1. The molecule has 3 atom stereocenters. The summed E-state index contributed by atoms with van der Waals surface area (Å²) in [4.78, 5) is 22.0. The first kappa shape index (κ1) is 21.4. The number of nitrogens with one attached hydrogen (secondary N) is 1. The highest BCUT2D eigenvalue weighted by Gasteiger charge is 2.38. The number of nitrogens with zero attached hydrogens (tertiary/aromatic N) is 5. The number of amides is 1. The largest absolute Gasteiger partial charge is 0.447 e. The molecule has 0 aliphatic carbocycles. The normalized spacial score (nSPS) is 18.0. The van der Waals surface area contributed by atoms with E-state index in [0.29, 0.717) is 5.02 Å². The van der Waals surface area contributed by atoms with Crippen LogP contribution in [0.25, 0.3) is 5.69 Å². The SMILES string of the molecule is C[C@H](Nc1nc(Cl)cc(N2C(=O)OCC2[C@@H](C)O)n1)c1ccn(-c2ccc(Cl)cc2)n1. The van der Waals surface area contributed by atoms with Crippen molar-refractivity contribution in [3.8, 4) is 5.69 Å². The third kappa shape index (κ3) is 4.58. The third-order valence-corrected chi connectivity index (χ3v) is 5.33. The van der Waals surface area contributed by atoms with Gasteiger partial charge in [-0.1, -0.05) is 23.2 Å². The molecule has 1 aliphatic heterocycles. The molecule has 0 radical (unpaired) electrons. The highest BCUT2D eigenvalue weighted by molar-refractivity contribution is 6.30. The van der Waals surface area contributed by atoms with Crippen LogP contribution in [0.4, 0.5) is 16.6 Å². The van der Waals surface area contributed by atoms with Crippen molar-refractivity contribution < 1.29 is 14.6 Å². The molecule has 1 fully saturated rings. The molecule has 3 heterocycles. The minimum atomic E-state index is -0.799. The van der Waals surface area contributed by atoms with Crippen LogP contribution < -0.4 is 10.2 Å². The zero-order valence-electron chi connectivity index (χ0n) is 16.7. The number of rotatable bonds is 6. The molecule has 11 heteroatoms. The van der Waals surface area contributed by atoms with Crippen molar-refractivity contribution in [2.45, 2.75) is 32.0 Å². The molecule has 162 valence electrons. The number of hydrogen-bond acceptors (Lipinski definition) is 7. The van der Waals surface area contributed by atoms with Crippen molar-refractivity contribution in [2.24, 2.45) is 0 Å². The number of aliphatic hydroxyl groups is 1. The summed E-state index contributed by atoms with van der Waals surface area (Å²) in [5, 5.41) is 18.5. The highest BCUT2D eigenvalue weighted by atomic mass is 35.5. The first-order valence-corrected chi connectivity index (χ1v) is 10.3. The molecule has 0 saturated carbocycles. The van der Waals surface area contributed by atoms with Crippen LogP contribution in [0.1, 0.15) is 25.6 Å². The van der Waals surface area contributed by atoms with Gasteiger partial charge in [0.05, 0.1) is 23.5 Å². The Morgan fingerprint density at radius 2 is 1.94 bits per heavy atom. The lowest BCUT2D eigenvalue weighted by Gasteiger charge is -2.23. The Balaban J connectivity index is 1.54. The Bertz CT molecular complexity index is 1090. The molecule has 2 N–H and O–H groups in total. The summed E-state index contributed by atoms with van der Waals surface area (Å²) in [5.41, 5.74) is 1.63. The fourth-order valence-corrected chi connectivity index (χ4v) is 3.53. The molecule has 31 heavy (non-hydrogen) atoms. The molecular weight excluding hydrogens is 443 g/mol. The second-order valence-electron chi connectivity index (χ2n) is 7.15. The van der Waals surface area contributed by atoms with E-state index >= 15 is 0 Å². The number of carbonyl (C=O) groups is 1. The number of ether oxygens (including phenoxy) is 1. The molecule has 1 unspecified atom stereocenters. The minimum absolute atomic E-state index is 0.0689. The van der Waals surface area contributed by atoms with Gasteiger partial charge in [-0.05, 0) is 44.2 Å². The lowest BCUT2D eigenvalue weighted by atomic mass is 10.2. The Morgan fingerprint density at radius 3 is 2.65 bits per heavy atom. The Labute approximate surface area is 188 Å². The molecule has 1 saturated heterocycles. The maximum Gasteiger partial charge on any atom is 0.416 e. The molecule has 1 amide bonds. The average molecular weight is 463 g/mol. The van der Waals surface area contributed by atoms with Crippen molar-refractivity contribution in [1.29, 1.82) is 0 Å². The van der Waals surface area contributed by atoms with Crippen LogP contribution >= 0.6 is 23.2 Å². The molecule has 9 nitrogen and oxygen atoms in total. The summed E-state index contributed by atoms with van der Waals surface area (Å²) in [6.07, 6.45) is 0.447. The molecule has 4 rings (SSSR count). The standard InChI is InChI=1S/C20H20Cl2N6O3/c1-11(15-7-8-27(26-15)14-5-3-13(21)4-6-14)23-19-24-17(22)9-18(25-19)28-16(12(2)29)10-31-20(28)30/h3-9,11-12,16,29H,10H2,1-2H3,(H,23,24,25)/t11-,12+,16?/m0/s1. The smallest absolute Gasteiger partial charge is 0.416 e. The van der Waals surface area contributed by atoms with E-state index in [9.17, 15) is 9.90 Å². The summed E-state index contributed by atoms with van der Waals surface area (Å²) < 4.78 is 6.80. The zero-order valence-corrected chi connectivity index (χ0v) is 18.2. The molecule has 2 aromatic heterocycles. The van der Waals surface area contributed by atoms with Gasteiger partial charge in [-0.2, -0.15) is 10.1 Å². The monoisotopic (exact) mass is 462 g/mol. The zero-order chi connectivity index (χ0) is 22.1. The van der Waals surface area contributed by atoms with Crippen molar-refractivity contribution in [2.75, 3.05) is 16.8 Å². The van der Waals surface area contributed by atoms with Gasteiger partial charge in [-0.25, -0.2) is 14.5 Å². The number of carbonyl (C=O) groups excluding carboxylic acids is 1. The predicted octanol–water partition coefficient (Wildman–Crippen LogP) is 3.85. The van der Waals surface area contributed by atoms with Gasteiger partial charge in [-0.3, -0.25) is 4.90 Å². The van der Waals surface area contributed by atoms with E-state index in [0.717, 1.165) is 11.4 Å². The van der Waals surface area contributed by atoms with E-state index in [1.165, 1.54) is 11.0 Å². The van der Waals surface area contributed by atoms with Crippen molar-refractivity contribution in [1.82, 2.24) is 19.7 Å². The predicted molar refractivity (Wildman–Crippen MR) is 117 cm³/mol. The van der Waals surface area contributed by atoms with Crippen LogP contribution in [0.2, 0.25) is 10.2 Å². The summed E-state index contributed by atoms with van der Waals surface area (Å²) in [5.74, 6) is 0.467. The van der Waals surface area contributed by atoms with Crippen LogP contribution in [-0.2, 0) is 4.74 Å². The number of aliphatic hydroxyl groups excluding tert-OH is 1. The Kier molecular flexibility index (Phi) is 5.99. The second kappa shape index (κ2) is 8.70. The summed E-state index contributed by atoms with van der Waals surface area (Å²) in [6, 6.07) is 9.86. The third-order valence-electron chi connectivity index (χ3n) is 4.88. The number of cyclic esters (lactones) is 1. The van der Waals surface area contributed by atoms with Gasteiger partial charge in [0.2, 0.25) is 5.95 Å². The van der Waals surface area contributed by atoms with Crippen LogP contribution in [-0.4, -0.2) is 49.7 Å². The van der Waals surface area contributed by atoms with E-state index < -0.39 is 18.2 Å². The first-order valence-electron chi connectivity index (χ1n) is 9.58.